The molecule has 25 heteroatoms. The Morgan fingerprint density at radius 3 is 1.47 bits per heavy atom. The minimum Gasteiger partial charge on any atom is -0.475 e. The van der Waals surface area contributed by atoms with Crippen molar-refractivity contribution in [3.05, 3.63) is 136 Å². The van der Waals surface area contributed by atoms with Gasteiger partial charge in [0.05, 0.1) is 58.0 Å². The average Bonchev–Trinajstić information content (AvgIpc) is 1.75. The molecule has 6 aromatic rings. The number of hydrogen-bond acceptors (Lipinski definition) is 15. The second kappa shape index (κ2) is 24.9. The van der Waals surface area contributed by atoms with Crippen LogP contribution in [0.1, 0.15) is 97.9 Å². The average molecular weight is 1210 g/mol. The summed E-state index contributed by atoms with van der Waals surface area (Å²) in [6.07, 6.45) is -1.10. The summed E-state index contributed by atoms with van der Waals surface area (Å²) in [5.74, 6) is -5.30. The number of nitrogens with zero attached hydrogens (tertiary/aromatic N) is 7. The van der Waals surface area contributed by atoms with Crippen LogP contribution in [-0.4, -0.2) is 89.5 Å². The lowest BCUT2D eigenvalue weighted by atomic mass is 9.85. The molecule has 0 saturated carbocycles. The smallest absolute Gasteiger partial charge is 0.475 e. The molecule has 0 spiro atoms. The Bertz CT molecular complexity index is 3860. The number of fused-ring (bicyclic) bond motifs is 10. The zero-order valence-corrected chi connectivity index (χ0v) is 50.9. The zero-order chi connectivity index (χ0) is 62.0. The Morgan fingerprint density at radius 2 is 1.11 bits per heavy atom. The van der Waals surface area contributed by atoms with Crippen LogP contribution in [0.5, 0.6) is 0 Å². The van der Waals surface area contributed by atoms with Crippen LogP contribution in [-0.2, 0) is 93.3 Å². The summed E-state index contributed by atoms with van der Waals surface area (Å²) >= 11 is 0. The molecule has 4 aliphatic heterocycles. The normalized spacial score (nSPS) is 17.2. The van der Waals surface area contributed by atoms with Gasteiger partial charge in [-0.25, -0.2) is 24.4 Å². The number of aryl methyl sites for hydroxylation is 2. The van der Waals surface area contributed by atoms with E-state index in [0.29, 0.717) is 59.8 Å². The molecule has 0 bridgehead atoms. The number of azide groups is 1. The minimum absolute atomic E-state index is 0.143. The highest BCUT2D eigenvalue weighted by Crippen LogP contribution is 2.45. The van der Waals surface area contributed by atoms with Gasteiger partial charge in [0.2, 0.25) is 11.2 Å². The number of esters is 4. The van der Waals surface area contributed by atoms with E-state index >= 15 is 0 Å². The Morgan fingerprint density at radius 1 is 0.706 bits per heavy atom. The van der Waals surface area contributed by atoms with E-state index in [9.17, 15) is 41.9 Å². The van der Waals surface area contributed by atoms with Crippen molar-refractivity contribution in [1.29, 1.82) is 0 Å². The first-order valence-corrected chi connectivity index (χ1v) is 35.1. The van der Waals surface area contributed by atoms with E-state index in [1.807, 2.05) is 42.5 Å². The van der Waals surface area contributed by atoms with E-state index in [0.717, 1.165) is 88.1 Å². The lowest BCUT2D eigenvalue weighted by Crippen LogP contribution is -2.47. The first kappa shape index (κ1) is 63.0. The summed E-state index contributed by atoms with van der Waals surface area (Å²) in [6, 6.07) is 24.2. The SMILES string of the molecule is CC[C@@]1(OC(C)=O)C(=O)OCc2c1cc1n(c2=O)Cc2c-1nc1ccccc1c2CC[Si](C)(C)CCCN.CC[C@@]1(OC(C)=O)C(=O)OCc2c1cc1n(c2=O)Cc2c-1nc1ccccc1c2CC[Si](C)(C)CCCN=[N+]=[N-].O=C(O)C(F)(F)F. The maximum Gasteiger partial charge on any atom is 0.490 e. The van der Waals surface area contributed by atoms with Crippen molar-refractivity contribution in [3.63, 3.8) is 0 Å². The molecule has 85 heavy (non-hydrogen) atoms. The van der Waals surface area contributed by atoms with E-state index in [-0.39, 0.29) is 37.2 Å². The van der Waals surface area contributed by atoms with Gasteiger partial charge in [0.25, 0.3) is 11.1 Å². The number of aromatic nitrogens is 4. The van der Waals surface area contributed by atoms with Crippen molar-refractivity contribution < 1.29 is 61.2 Å². The number of ether oxygens (including phenoxy) is 4. The van der Waals surface area contributed by atoms with Gasteiger partial charge in [0.15, 0.2) is 0 Å². The molecule has 0 unspecified atom stereocenters. The van der Waals surface area contributed by atoms with Crippen LogP contribution in [0.15, 0.2) is 75.4 Å². The van der Waals surface area contributed by atoms with Crippen LogP contribution in [0.25, 0.3) is 55.0 Å². The number of carbonyl (C=O) groups excluding carboxylic acids is 4. The molecule has 2 atom stereocenters. The predicted octanol–water partition coefficient (Wildman–Crippen LogP) is 10.5. The van der Waals surface area contributed by atoms with Crippen LogP contribution < -0.4 is 16.9 Å². The van der Waals surface area contributed by atoms with Crippen LogP contribution in [0.4, 0.5) is 13.2 Å². The summed E-state index contributed by atoms with van der Waals surface area (Å²) in [6.45, 7) is 17.2. The molecule has 0 fully saturated rings. The molecule has 0 saturated heterocycles. The fourth-order valence-electron chi connectivity index (χ4n) is 12.0. The minimum atomic E-state index is -5.08. The largest absolute Gasteiger partial charge is 0.490 e. The summed E-state index contributed by atoms with van der Waals surface area (Å²) < 4.78 is 57.1. The highest BCUT2D eigenvalue weighted by atomic mass is 28.3. The Hall–Kier alpha value is -8.00. The Kier molecular flexibility index (Phi) is 18.5. The molecule has 4 aromatic heterocycles. The molecule has 10 rings (SSSR count). The predicted molar refractivity (Wildman–Crippen MR) is 316 cm³/mol. The topological polar surface area (TPSA) is 287 Å². The van der Waals surface area contributed by atoms with Crippen molar-refractivity contribution in [3.8, 4) is 22.8 Å². The van der Waals surface area contributed by atoms with Gasteiger partial charge in [0, 0.05) is 74.5 Å². The number of cyclic esters (lactones) is 2. The molecule has 8 heterocycles. The molecule has 4 aliphatic rings. The number of carboxylic acids is 1. The highest BCUT2D eigenvalue weighted by molar-refractivity contribution is 6.77. The molecule has 0 aliphatic carbocycles. The second-order valence-electron chi connectivity index (χ2n) is 23.3. The number of benzene rings is 2. The Labute approximate surface area is 489 Å². The van der Waals surface area contributed by atoms with Crippen LogP contribution in [0, 0.1) is 0 Å². The summed E-state index contributed by atoms with van der Waals surface area (Å²) in [5.41, 5.74) is 21.0. The van der Waals surface area contributed by atoms with E-state index in [1.165, 1.54) is 31.0 Å². The lowest BCUT2D eigenvalue weighted by molar-refractivity contribution is -0.192. The number of hydrogen-bond donors (Lipinski definition) is 2. The third-order valence-corrected chi connectivity index (χ3v) is 23.2. The highest BCUT2D eigenvalue weighted by Gasteiger charge is 2.52. The van der Waals surface area contributed by atoms with Crippen molar-refractivity contribution in [1.82, 2.24) is 19.1 Å². The van der Waals surface area contributed by atoms with Gasteiger partial charge in [-0.2, -0.15) is 13.2 Å². The maximum atomic E-state index is 13.8. The second-order valence-corrected chi connectivity index (χ2v) is 33.9. The fraction of sp³-hybridized carbons (Fsp3) is 0.450. The van der Waals surface area contributed by atoms with Gasteiger partial charge in [-0.15, -0.1) is 0 Å². The van der Waals surface area contributed by atoms with Gasteiger partial charge < -0.3 is 38.9 Å². The van der Waals surface area contributed by atoms with Crippen molar-refractivity contribution in [2.24, 2.45) is 10.8 Å². The zero-order valence-electron chi connectivity index (χ0n) is 48.9. The van der Waals surface area contributed by atoms with Gasteiger partial charge in [0.1, 0.15) is 13.2 Å². The first-order chi connectivity index (χ1) is 40.2. The quantitative estimate of drug-likeness (QED) is 0.0163. The van der Waals surface area contributed by atoms with E-state index < -0.39 is 63.4 Å². The van der Waals surface area contributed by atoms with E-state index in [2.05, 4.69) is 48.3 Å². The van der Waals surface area contributed by atoms with Gasteiger partial charge >= 0.3 is 36.0 Å². The number of carboxylic acid groups (broad SMARTS) is 1. The maximum absolute atomic E-state index is 13.8. The third kappa shape index (κ3) is 12.6. The van der Waals surface area contributed by atoms with E-state index in [4.69, 9.17) is 50.1 Å². The molecular formula is C60H69F3N8O12Si2. The van der Waals surface area contributed by atoms with E-state index in [1.54, 1.807) is 29.0 Å². The van der Waals surface area contributed by atoms with Crippen LogP contribution >= 0.6 is 0 Å². The number of aliphatic carboxylic acids is 1. The van der Waals surface area contributed by atoms with Crippen molar-refractivity contribution in [2.45, 2.75) is 160 Å². The number of nitrogens with two attached hydrogens (primary N) is 1. The van der Waals surface area contributed by atoms with Crippen molar-refractivity contribution in [2.75, 3.05) is 13.1 Å². The first-order valence-electron chi connectivity index (χ1n) is 28.3. The number of carbonyl (C=O) groups is 5. The number of para-hydroxylation sites is 2. The number of rotatable bonds is 17. The number of alkyl halides is 3. The summed E-state index contributed by atoms with van der Waals surface area (Å²) in [5, 5.41) is 13.0. The lowest BCUT2D eigenvalue weighted by Gasteiger charge is -2.35. The fourth-order valence-corrected chi connectivity index (χ4v) is 16.7. The molecular weight excluding hydrogens is 1140 g/mol. The molecule has 450 valence electrons. The third-order valence-electron chi connectivity index (χ3n) is 16.6. The molecule has 0 radical (unpaired) electrons. The van der Waals surface area contributed by atoms with Crippen LogP contribution in [0.3, 0.4) is 0 Å². The number of halogens is 3. The van der Waals surface area contributed by atoms with Gasteiger partial charge in [-0.3, -0.25) is 19.2 Å². The molecule has 20 nitrogen and oxygen atoms in total. The summed E-state index contributed by atoms with van der Waals surface area (Å²) in [7, 11) is -3.05. The number of pyridine rings is 4. The molecule has 2 aromatic carbocycles. The van der Waals surface area contributed by atoms with Gasteiger partial charge in [-0.05, 0) is 79.6 Å². The summed E-state index contributed by atoms with van der Waals surface area (Å²) in [4.78, 5) is 99.4. The van der Waals surface area contributed by atoms with Crippen molar-refractivity contribution >= 4 is 67.8 Å². The monoisotopic (exact) mass is 1210 g/mol. The van der Waals surface area contributed by atoms with Gasteiger partial charge in [-0.1, -0.05) is 112 Å². The Balaban J connectivity index is 0.000000199. The van der Waals surface area contributed by atoms with Crippen LogP contribution in [0.2, 0.25) is 50.4 Å². The molecule has 0 amide bonds. The molecule has 3 N–H and O–H groups in total. The standard InChI is InChI=1S/C29H33N5O5Si.C29H35N3O5Si.C2HF3O2/c1-5-29(39-18(2)35)23-15-25-26-21(16-34(25)27(36)22(23)17-38-28(29)37)19(20-9-6-7-10-24(20)32-26)11-14-40(3,4)13-8-12-31-33-30;1-5-29(37-18(2)33)23-15-25-26-21(16-32(25)27(34)22(23)17-36-28(29)35)19(11-14-38(3,4)13-8-12-30)20-9-6-7-10-24(20)31-26;3-2(4,5)1(6)7/h6-7,9-10,15H,5,8,11-14,16-17H2,1-4H3;6-7,9-10,15H,5,8,11-14,16-17,30H2,1-4H3;(H,6,7)/t2*29-;/m00./s1.